The van der Waals surface area contributed by atoms with E-state index in [4.69, 9.17) is 11.6 Å². The van der Waals surface area contributed by atoms with Crippen molar-refractivity contribution in [2.75, 3.05) is 5.32 Å². The normalized spacial score (nSPS) is 10.1. The Bertz CT molecular complexity index is 401. The molecule has 1 N–H and O–H groups in total. The number of hydrogen-bond acceptors (Lipinski definition) is 4. The number of rotatable bonds is 3. The van der Waals surface area contributed by atoms with E-state index in [0.717, 1.165) is 16.7 Å². The fourth-order valence-corrected chi connectivity index (χ4v) is 2.05. The van der Waals surface area contributed by atoms with Crippen LogP contribution in [0.4, 0.5) is 5.82 Å². The zero-order chi connectivity index (χ0) is 9.80. The van der Waals surface area contributed by atoms with Crippen molar-refractivity contribution in [1.29, 1.82) is 0 Å². The molecule has 2 aromatic heterocycles. The van der Waals surface area contributed by atoms with Gasteiger partial charge >= 0.3 is 0 Å². The van der Waals surface area contributed by atoms with E-state index < -0.39 is 0 Å². The van der Waals surface area contributed by atoms with Gasteiger partial charge < -0.3 is 5.32 Å². The molecule has 0 aliphatic heterocycles. The molecule has 0 atom stereocenters. The second-order valence-electron chi connectivity index (χ2n) is 2.67. The topological polar surface area (TPSA) is 37.8 Å². The lowest BCUT2D eigenvalue weighted by Crippen LogP contribution is -1.99. The van der Waals surface area contributed by atoms with Gasteiger partial charge in [0.1, 0.15) is 5.82 Å². The second-order valence-corrected chi connectivity index (χ2v) is 4.47. The van der Waals surface area contributed by atoms with Crippen molar-refractivity contribution >= 4 is 28.8 Å². The molecule has 3 nitrogen and oxygen atoms in total. The van der Waals surface area contributed by atoms with E-state index in [1.165, 1.54) is 4.88 Å². The van der Waals surface area contributed by atoms with Gasteiger partial charge in [-0.05, 0) is 24.3 Å². The molecule has 0 saturated heterocycles. The van der Waals surface area contributed by atoms with E-state index in [1.54, 1.807) is 17.5 Å². The Morgan fingerprint density at radius 2 is 2.29 bits per heavy atom. The minimum atomic E-state index is 0.732. The van der Waals surface area contributed by atoms with Crippen LogP contribution in [0.3, 0.4) is 0 Å². The van der Waals surface area contributed by atoms with Crippen LogP contribution in [0.5, 0.6) is 0 Å². The van der Waals surface area contributed by atoms with Crippen LogP contribution in [0, 0.1) is 0 Å². The lowest BCUT2D eigenvalue weighted by molar-refractivity contribution is 1.01. The average molecular weight is 226 g/mol. The number of halogens is 1. The van der Waals surface area contributed by atoms with Crippen LogP contribution in [-0.4, -0.2) is 10.2 Å². The van der Waals surface area contributed by atoms with Crippen molar-refractivity contribution in [3.05, 3.63) is 39.7 Å². The lowest BCUT2D eigenvalue weighted by atomic mass is 10.4. The molecule has 2 heterocycles. The first-order chi connectivity index (χ1) is 6.84. The first-order valence-corrected chi connectivity index (χ1v) is 5.30. The summed E-state index contributed by atoms with van der Waals surface area (Å²) < 4.78 is 0.806. The molecule has 2 aromatic rings. The van der Waals surface area contributed by atoms with Crippen LogP contribution >= 0.6 is 22.9 Å². The Morgan fingerprint density at radius 3 is 2.93 bits per heavy atom. The van der Waals surface area contributed by atoms with Gasteiger partial charge in [0.05, 0.1) is 10.9 Å². The van der Waals surface area contributed by atoms with Crippen molar-refractivity contribution in [2.24, 2.45) is 0 Å². The predicted molar refractivity (Wildman–Crippen MR) is 58.7 cm³/mol. The second kappa shape index (κ2) is 4.39. The fourth-order valence-electron chi connectivity index (χ4n) is 1.02. The van der Waals surface area contributed by atoms with Crippen molar-refractivity contribution < 1.29 is 0 Å². The number of thiophene rings is 1. The summed E-state index contributed by atoms with van der Waals surface area (Å²) in [6, 6.07) is 7.61. The summed E-state index contributed by atoms with van der Waals surface area (Å²) in [5.41, 5.74) is 0. The third kappa shape index (κ3) is 2.43. The minimum absolute atomic E-state index is 0.732. The van der Waals surface area contributed by atoms with E-state index in [1.807, 2.05) is 24.3 Å². The zero-order valence-corrected chi connectivity index (χ0v) is 8.85. The molecular formula is C9H8ClN3S. The molecule has 14 heavy (non-hydrogen) atoms. The molecule has 0 aliphatic carbocycles. The molecule has 0 saturated carbocycles. The van der Waals surface area contributed by atoms with Crippen molar-refractivity contribution in [3.63, 3.8) is 0 Å². The highest BCUT2D eigenvalue weighted by Gasteiger charge is 1.98. The Labute approximate surface area is 90.8 Å². The van der Waals surface area contributed by atoms with Crippen LogP contribution in [0.2, 0.25) is 4.34 Å². The highest BCUT2D eigenvalue weighted by Crippen LogP contribution is 2.21. The minimum Gasteiger partial charge on any atom is -0.364 e. The monoisotopic (exact) mass is 225 g/mol. The van der Waals surface area contributed by atoms with E-state index in [2.05, 4.69) is 15.5 Å². The maximum atomic E-state index is 5.80. The van der Waals surface area contributed by atoms with Gasteiger partial charge in [-0.15, -0.1) is 16.4 Å². The summed E-state index contributed by atoms with van der Waals surface area (Å²) in [7, 11) is 0. The molecule has 0 unspecified atom stereocenters. The Kier molecular flexibility index (Phi) is 2.96. The van der Waals surface area contributed by atoms with Gasteiger partial charge in [0, 0.05) is 11.1 Å². The van der Waals surface area contributed by atoms with Gasteiger partial charge in [-0.2, -0.15) is 5.10 Å². The van der Waals surface area contributed by atoms with Crippen molar-refractivity contribution in [1.82, 2.24) is 10.2 Å². The van der Waals surface area contributed by atoms with Gasteiger partial charge in [0.2, 0.25) is 0 Å². The fraction of sp³-hybridized carbons (Fsp3) is 0.111. The number of hydrogen-bond donors (Lipinski definition) is 1. The van der Waals surface area contributed by atoms with E-state index in [-0.39, 0.29) is 0 Å². The summed E-state index contributed by atoms with van der Waals surface area (Å²) in [5, 5.41) is 10.8. The molecule has 0 radical (unpaired) electrons. The van der Waals surface area contributed by atoms with E-state index in [0.29, 0.717) is 0 Å². The first-order valence-electron chi connectivity index (χ1n) is 4.10. The lowest BCUT2D eigenvalue weighted by Gasteiger charge is -2.00. The summed E-state index contributed by atoms with van der Waals surface area (Å²) >= 11 is 7.37. The van der Waals surface area contributed by atoms with E-state index in [9.17, 15) is 0 Å². The summed E-state index contributed by atoms with van der Waals surface area (Å²) in [6.07, 6.45) is 1.65. The van der Waals surface area contributed by atoms with Crippen LogP contribution in [0.25, 0.3) is 0 Å². The molecule has 0 amide bonds. The SMILES string of the molecule is Clc1ccc(CNc2cccnn2)s1. The molecule has 2 rings (SSSR count). The van der Waals surface area contributed by atoms with Gasteiger partial charge in [-0.25, -0.2) is 0 Å². The van der Waals surface area contributed by atoms with Gasteiger partial charge in [-0.3, -0.25) is 0 Å². The molecular weight excluding hydrogens is 218 g/mol. The summed E-state index contributed by atoms with van der Waals surface area (Å²) in [6.45, 7) is 0.732. The largest absolute Gasteiger partial charge is 0.364 e. The van der Waals surface area contributed by atoms with Gasteiger partial charge in [0.15, 0.2) is 0 Å². The molecule has 0 bridgehead atoms. The van der Waals surface area contributed by atoms with E-state index >= 15 is 0 Å². The number of nitrogens with zero attached hydrogens (tertiary/aromatic N) is 2. The van der Waals surface area contributed by atoms with Gasteiger partial charge in [0.25, 0.3) is 0 Å². The first kappa shape index (κ1) is 9.43. The average Bonchev–Trinajstić information content (AvgIpc) is 2.63. The number of anilines is 1. The highest BCUT2D eigenvalue weighted by molar-refractivity contribution is 7.16. The summed E-state index contributed by atoms with van der Waals surface area (Å²) in [5.74, 6) is 0.775. The number of nitrogens with one attached hydrogen (secondary N) is 1. The van der Waals surface area contributed by atoms with Crippen molar-refractivity contribution in [2.45, 2.75) is 6.54 Å². The van der Waals surface area contributed by atoms with Crippen LogP contribution in [0.1, 0.15) is 4.88 Å². The standard InChI is InChI=1S/C9H8ClN3S/c10-8-4-3-7(14-8)6-11-9-2-1-5-12-13-9/h1-5H,6H2,(H,11,13). The molecule has 0 spiro atoms. The molecule has 5 heteroatoms. The van der Waals surface area contributed by atoms with Crippen LogP contribution < -0.4 is 5.32 Å². The summed E-state index contributed by atoms with van der Waals surface area (Å²) in [4.78, 5) is 1.18. The van der Waals surface area contributed by atoms with Crippen LogP contribution in [0.15, 0.2) is 30.5 Å². The predicted octanol–water partition coefficient (Wildman–Crippen LogP) is 2.80. The van der Waals surface area contributed by atoms with Crippen LogP contribution in [-0.2, 0) is 6.54 Å². The third-order valence-corrected chi connectivity index (χ3v) is 2.88. The smallest absolute Gasteiger partial charge is 0.148 e. The third-order valence-electron chi connectivity index (χ3n) is 1.64. The maximum absolute atomic E-state index is 5.80. The highest BCUT2D eigenvalue weighted by atomic mass is 35.5. The Hall–Kier alpha value is -1.13. The Balaban J connectivity index is 1.95. The van der Waals surface area contributed by atoms with Crippen molar-refractivity contribution in [3.8, 4) is 0 Å². The molecule has 0 fully saturated rings. The zero-order valence-electron chi connectivity index (χ0n) is 7.27. The molecule has 0 aliphatic rings. The Morgan fingerprint density at radius 1 is 1.36 bits per heavy atom. The van der Waals surface area contributed by atoms with Gasteiger partial charge in [-0.1, -0.05) is 11.6 Å². The number of aromatic nitrogens is 2. The molecule has 0 aromatic carbocycles. The molecule has 72 valence electrons. The quantitative estimate of drug-likeness (QED) is 0.873. The maximum Gasteiger partial charge on any atom is 0.148 e.